The fourth-order valence-electron chi connectivity index (χ4n) is 2.04. The molecule has 2 aromatic rings. The lowest BCUT2D eigenvalue weighted by atomic mass is 10.2. The van der Waals surface area contributed by atoms with Gasteiger partial charge < -0.3 is 4.74 Å². The number of halogens is 1. The Bertz CT molecular complexity index is 787. The van der Waals surface area contributed by atoms with E-state index in [0.717, 1.165) is 22.9 Å². The van der Waals surface area contributed by atoms with Crippen molar-refractivity contribution in [3.63, 3.8) is 0 Å². The highest BCUT2D eigenvalue weighted by Crippen LogP contribution is 2.29. The minimum Gasteiger partial charge on any atom is -0.488 e. The van der Waals surface area contributed by atoms with Gasteiger partial charge in [0.05, 0.1) is 4.91 Å². The second-order valence-electron chi connectivity index (χ2n) is 4.81. The number of nitrogens with one attached hydrogen (secondary N) is 1. The number of carbonyl (C=O) groups is 2. The number of amides is 2. The zero-order valence-electron chi connectivity index (χ0n) is 11.9. The largest absolute Gasteiger partial charge is 0.488 e. The van der Waals surface area contributed by atoms with Crippen molar-refractivity contribution in [2.45, 2.75) is 6.61 Å². The second kappa shape index (κ2) is 6.89. The molecule has 1 heterocycles. The summed E-state index contributed by atoms with van der Waals surface area (Å²) in [6.07, 6.45) is 1.65. The van der Waals surface area contributed by atoms with Gasteiger partial charge in [-0.05, 0) is 41.6 Å². The van der Waals surface area contributed by atoms with Crippen molar-refractivity contribution in [2.75, 3.05) is 0 Å². The second-order valence-corrected chi connectivity index (χ2v) is 6.26. The SMILES string of the molecule is O=C1NC(=O)/C(=C/c2ccccc2OCc2ccc(Cl)cc2)S1. The van der Waals surface area contributed by atoms with Gasteiger partial charge in [-0.15, -0.1) is 0 Å². The number of benzene rings is 2. The number of para-hydroxylation sites is 1. The Hall–Kier alpha value is -2.24. The Kier molecular flexibility index (Phi) is 4.69. The standard InChI is InChI=1S/C17H12ClNO3S/c18-13-7-5-11(6-8-13)10-22-14-4-2-1-3-12(14)9-15-16(20)19-17(21)23-15/h1-9H,10H2,(H,19,20,21)/b15-9-. The van der Waals surface area contributed by atoms with Crippen LogP contribution in [0.5, 0.6) is 5.75 Å². The summed E-state index contributed by atoms with van der Waals surface area (Å²) in [5.74, 6) is 0.259. The van der Waals surface area contributed by atoms with Crippen LogP contribution in [-0.4, -0.2) is 11.1 Å². The Morgan fingerprint density at radius 1 is 1.09 bits per heavy atom. The average molecular weight is 346 g/mol. The van der Waals surface area contributed by atoms with Gasteiger partial charge in [0.2, 0.25) is 0 Å². The number of hydrogen-bond acceptors (Lipinski definition) is 4. The van der Waals surface area contributed by atoms with E-state index in [0.29, 0.717) is 22.3 Å². The molecule has 23 heavy (non-hydrogen) atoms. The monoisotopic (exact) mass is 345 g/mol. The van der Waals surface area contributed by atoms with Crippen LogP contribution >= 0.6 is 23.4 Å². The number of ether oxygens (including phenoxy) is 1. The summed E-state index contributed by atoms with van der Waals surface area (Å²) in [6.45, 7) is 0.385. The predicted octanol–water partition coefficient (Wildman–Crippen LogP) is 4.24. The van der Waals surface area contributed by atoms with Crippen LogP contribution in [0.4, 0.5) is 4.79 Å². The summed E-state index contributed by atoms with van der Waals surface area (Å²) < 4.78 is 5.82. The van der Waals surface area contributed by atoms with Gasteiger partial charge in [-0.25, -0.2) is 0 Å². The van der Waals surface area contributed by atoms with E-state index in [1.54, 1.807) is 18.2 Å². The lowest BCUT2D eigenvalue weighted by molar-refractivity contribution is -0.115. The lowest BCUT2D eigenvalue weighted by Gasteiger charge is -2.09. The molecule has 0 radical (unpaired) electrons. The van der Waals surface area contributed by atoms with E-state index < -0.39 is 0 Å². The van der Waals surface area contributed by atoms with Crippen molar-refractivity contribution in [1.82, 2.24) is 5.32 Å². The maximum Gasteiger partial charge on any atom is 0.290 e. The molecule has 0 unspecified atom stereocenters. The van der Waals surface area contributed by atoms with Crippen molar-refractivity contribution < 1.29 is 14.3 Å². The van der Waals surface area contributed by atoms with Gasteiger partial charge in [-0.3, -0.25) is 14.9 Å². The molecule has 1 N–H and O–H groups in total. The predicted molar refractivity (Wildman–Crippen MR) is 91.3 cm³/mol. The normalized spacial score (nSPS) is 15.8. The van der Waals surface area contributed by atoms with Crippen LogP contribution in [0.3, 0.4) is 0 Å². The molecule has 0 aromatic heterocycles. The first-order chi connectivity index (χ1) is 11.1. The fourth-order valence-corrected chi connectivity index (χ4v) is 2.83. The molecule has 1 saturated heterocycles. The molecule has 2 aromatic carbocycles. The van der Waals surface area contributed by atoms with Gasteiger partial charge in [0, 0.05) is 10.6 Å². The molecular weight excluding hydrogens is 334 g/mol. The zero-order valence-corrected chi connectivity index (χ0v) is 13.5. The number of hydrogen-bond donors (Lipinski definition) is 1. The summed E-state index contributed by atoms with van der Waals surface area (Å²) in [6, 6.07) is 14.7. The van der Waals surface area contributed by atoms with E-state index >= 15 is 0 Å². The van der Waals surface area contributed by atoms with E-state index in [2.05, 4.69) is 5.32 Å². The highest BCUT2D eigenvalue weighted by molar-refractivity contribution is 8.18. The summed E-state index contributed by atoms with van der Waals surface area (Å²) in [4.78, 5) is 23.2. The Balaban J connectivity index is 1.78. The number of rotatable bonds is 4. The summed E-state index contributed by atoms with van der Waals surface area (Å²) in [5.41, 5.74) is 1.73. The van der Waals surface area contributed by atoms with Crippen LogP contribution in [0.15, 0.2) is 53.4 Å². The van der Waals surface area contributed by atoms with Gasteiger partial charge in [0.1, 0.15) is 12.4 Å². The number of carbonyl (C=O) groups excluding carboxylic acids is 2. The molecule has 2 amide bonds. The molecule has 1 fully saturated rings. The summed E-state index contributed by atoms with van der Waals surface area (Å²) in [7, 11) is 0. The molecule has 3 rings (SSSR count). The van der Waals surface area contributed by atoms with Gasteiger partial charge in [-0.1, -0.05) is 41.9 Å². The zero-order chi connectivity index (χ0) is 16.2. The molecule has 116 valence electrons. The van der Waals surface area contributed by atoms with E-state index in [9.17, 15) is 9.59 Å². The first-order valence-electron chi connectivity index (χ1n) is 6.83. The molecule has 0 bridgehead atoms. The van der Waals surface area contributed by atoms with Crippen molar-refractivity contribution in [2.24, 2.45) is 0 Å². The van der Waals surface area contributed by atoms with Crippen molar-refractivity contribution in [1.29, 1.82) is 0 Å². The van der Waals surface area contributed by atoms with Gasteiger partial charge in [-0.2, -0.15) is 0 Å². The van der Waals surface area contributed by atoms with E-state index in [1.165, 1.54) is 0 Å². The first kappa shape index (κ1) is 15.6. The molecule has 1 aliphatic heterocycles. The third-order valence-corrected chi connectivity index (χ3v) is 4.22. The molecule has 0 atom stereocenters. The highest BCUT2D eigenvalue weighted by Gasteiger charge is 2.25. The molecule has 1 aliphatic rings. The molecule has 6 heteroatoms. The van der Waals surface area contributed by atoms with Gasteiger partial charge in [0.25, 0.3) is 11.1 Å². The first-order valence-corrected chi connectivity index (χ1v) is 8.02. The minimum atomic E-state index is -0.382. The van der Waals surface area contributed by atoms with Crippen LogP contribution in [0, 0.1) is 0 Å². The molecule has 0 aliphatic carbocycles. The lowest BCUT2D eigenvalue weighted by Crippen LogP contribution is -2.17. The Morgan fingerprint density at radius 3 is 2.52 bits per heavy atom. The van der Waals surface area contributed by atoms with Crippen molar-refractivity contribution in [3.05, 3.63) is 69.6 Å². The Labute approximate surface area is 142 Å². The Morgan fingerprint density at radius 2 is 1.83 bits per heavy atom. The molecule has 4 nitrogen and oxygen atoms in total. The molecule has 0 spiro atoms. The topological polar surface area (TPSA) is 55.4 Å². The average Bonchev–Trinajstić information content (AvgIpc) is 2.86. The van der Waals surface area contributed by atoms with E-state index in [4.69, 9.17) is 16.3 Å². The number of imide groups is 1. The van der Waals surface area contributed by atoms with E-state index in [-0.39, 0.29) is 11.1 Å². The smallest absolute Gasteiger partial charge is 0.290 e. The van der Waals surface area contributed by atoms with Crippen LogP contribution in [0.25, 0.3) is 6.08 Å². The summed E-state index contributed by atoms with van der Waals surface area (Å²) >= 11 is 6.74. The van der Waals surface area contributed by atoms with Gasteiger partial charge in [0.15, 0.2) is 0 Å². The van der Waals surface area contributed by atoms with Crippen molar-refractivity contribution >= 4 is 40.6 Å². The third-order valence-electron chi connectivity index (χ3n) is 3.16. The van der Waals surface area contributed by atoms with Crippen LogP contribution < -0.4 is 10.1 Å². The van der Waals surface area contributed by atoms with Crippen LogP contribution in [0.2, 0.25) is 5.02 Å². The molecular formula is C17H12ClNO3S. The third kappa shape index (κ3) is 3.94. The molecule has 0 saturated carbocycles. The van der Waals surface area contributed by atoms with Crippen molar-refractivity contribution in [3.8, 4) is 5.75 Å². The van der Waals surface area contributed by atoms with Crippen LogP contribution in [-0.2, 0) is 11.4 Å². The number of thioether (sulfide) groups is 1. The highest BCUT2D eigenvalue weighted by atomic mass is 35.5. The van der Waals surface area contributed by atoms with Gasteiger partial charge >= 0.3 is 0 Å². The maximum absolute atomic E-state index is 11.6. The van der Waals surface area contributed by atoms with Crippen LogP contribution in [0.1, 0.15) is 11.1 Å². The van der Waals surface area contributed by atoms with E-state index in [1.807, 2.05) is 36.4 Å². The summed E-state index contributed by atoms with van der Waals surface area (Å²) in [5, 5.41) is 2.55. The minimum absolute atomic E-state index is 0.359. The fraction of sp³-hybridized carbons (Fsp3) is 0.0588. The quantitative estimate of drug-likeness (QED) is 0.842. The maximum atomic E-state index is 11.6.